The van der Waals surface area contributed by atoms with Gasteiger partial charge in [0.2, 0.25) is 0 Å². The summed E-state index contributed by atoms with van der Waals surface area (Å²) in [6.45, 7) is 9.45. The van der Waals surface area contributed by atoms with Gasteiger partial charge in [-0.15, -0.1) is 0 Å². The van der Waals surface area contributed by atoms with Crippen molar-refractivity contribution >= 4 is 27.8 Å². The van der Waals surface area contributed by atoms with E-state index in [2.05, 4.69) is 85.2 Å². The molecule has 0 aliphatic heterocycles. The van der Waals surface area contributed by atoms with E-state index in [-0.39, 0.29) is 5.54 Å². The van der Waals surface area contributed by atoms with Gasteiger partial charge in [0.05, 0.1) is 16.6 Å². The zero-order chi connectivity index (χ0) is 20.9. The summed E-state index contributed by atoms with van der Waals surface area (Å²) in [6, 6.07) is 6.62. The van der Waals surface area contributed by atoms with Crippen molar-refractivity contribution in [1.29, 1.82) is 0 Å². The molecule has 0 radical (unpaired) electrons. The Kier molecular flexibility index (Phi) is 4.58. The third-order valence-electron chi connectivity index (χ3n) is 5.20. The van der Waals surface area contributed by atoms with E-state index < -0.39 is 0 Å². The molecule has 0 saturated heterocycles. The molecular formula is C22H29N7. The molecule has 0 saturated carbocycles. The molecule has 0 atom stereocenters. The highest BCUT2D eigenvalue weighted by Gasteiger charge is 2.26. The zero-order valence-electron chi connectivity index (χ0n) is 18.3. The van der Waals surface area contributed by atoms with Crippen LogP contribution < -0.4 is 5.32 Å². The summed E-state index contributed by atoms with van der Waals surface area (Å²) >= 11 is 0. The monoisotopic (exact) mass is 391 g/mol. The van der Waals surface area contributed by atoms with Gasteiger partial charge in [-0.1, -0.05) is 12.1 Å². The molecule has 1 aromatic carbocycles. The largest absolute Gasteiger partial charge is 0.372 e. The summed E-state index contributed by atoms with van der Waals surface area (Å²) in [5.74, 6) is 0.784. The molecule has 2 N–H and O–H groups in total. The van der Waals surface area contributed by atoms with Crippen molar-refractivity contribution in [3.05, 3.63) is 35.7 Å². The zero-order valence-corrected chi connectivity index (χ0v) is 18.3. The number of aromatic nitrogens is 5. The Morgan fingerprint density at radius 3 is 2.59 bits per heavy atom. The van der Waals surface area contributed by atoms with Crippen LogP contribution in [0.2, 0.25) is 0 Å². The SMILES string of the molecule is CNc1ncnc2c1c(-c1[nH]c3cc(CN(C)C)ccc3c1C)nn2C(C)(C)C. The highest BCUT2D eigenvalue weighted by molar-refractivity contribution is 6.02. The number of hydrogen-bond acceptors (Lipinski definition) is 5. The third-order valence-corrected chi connectivity index (χ3v) is 5.20. The smallest absolute Gasteiger partial charge is 0.164 e. The lowest BCUT2D eigenvalue weighted by atomic mass is 10.1. The predicted octanol–water partition coefficient (Wildman–Crippen LogP) is 4.14. The summed E-state index contributed by atoms with van der Waals surface area (Å²) < 4.78 is 1.99. The molecule has 0 aliphatic carbocycles. The van der Waals surface area contributed by atoms with Crippen molar-refractivity contribution in [1.82, 2.24) is 29.6 Å². The molecule has 0 aliphatic rings. The molecule has 0 spiro atoms. The Balaban J connectivity index is 1.99. The van der Waals surface area contributed by atoms with E-state index >= 15 is 0 Å². The fourth-order valence-electron chi connectivity index (χ4n) is 3.87. The first-order valence-electron chi connectivity index (χ1n) is 9.89. The minimum Gasteiger partial charge on any atom is -0.372 e. The number of rotatable bonds is 4. The summed E-state index contributed by atoms with van der Waals surface area (Å²) in [6.07, 6.45) is 1.59. The van der Waals surface area contributed by atoms with Crippen LogP contribution in [0.5, 0.6) is 0 Å². The molecule has 0 bridgehead atoms. The van der Waals surface area contributed by atoms with Gasteiger partial charge in [-0.2, -0.15) is 5.10 Å². The summed E-state index contributed by atoms with van der Waals surface area (Å²) in [7, 11) is 6.05. The fraction of sp³-hybridized carbons (Fsp3) is 0.409. The molecule has 3 aromatic heterocycles. The van der Waals surface area contributed by atoms with E-state index in [0.29, 0.717) is 0 Å². The summed E-state index contributed by atoms with van der Waals surface area (Å²) in [5.41, 5.74) is 6.11. The van der Waals surface area contributed by atoms with Gasteiger partial charge < -0.3 is 15.2 Å². The van der Waals surface area contributed by atoms with Gasteiger partial charge in [-0.3, -0.25) is 0 Å². The Morgan fingerprint density at radius 2 is 1.93 bits per heavy atom. The Labute approximate surface area is 171 Å². The van der Waals surface area contributed by atoms with Gasteiger partial charge in [0.15, 0.2) is 5.65 Å². The molecule has 0 amide bonds. The molecule has 7 heteroatoms. The number of aromatic amines is 1. The van der Waals surface area contributed by atoms with Gasteiger partial charge in [-0.25, -0.2) is 14.6 Å². The van der Waals surface area contributed by atoms with E-state index in [1.54, 1.807) is 6.33 Å². The number of aryl methyl sites for hydroxylation is 1. The second-order valence-electron chi connectivity index (χ2n) is 8.84. The quantitative estimate of drug-likeness (QED) is 0.547. The van der Waals surface area contributed by atoms with Gasteiger partial charge in [0.1, 0.15) is 17.8 Å². The Bertz CT molecular complexity index is 1190. The lowest BCUT2D eigenvalue weighted by Crippen LogP contribution is -2.23. The van der Waals surface area contributed by atoms with Crippen LogP contribution in [-0.2, 0) is 12.1 Å². The average molecular weight is 392 g/mol. The van der Waals surface area contributed by atoms with E-state index in [9.17, 15) is 0 Å². The molecule has 0 unspecified atom stereocenters. The molecule has 4 aromatic rings. The van der Waals surface area contributed by atoms with Crippen LogP contribution in [-0.4, -0.2) is 50.8 Å². The molecule has 7 nitrogen and oxygen atoms in total. The summed E-state index contributed by atoms with van der Waals surface area (Å²) in [5, 5.41) is 10.4. The van der Waals surface area contributed by atoms with Gasteiger partial charge in [0.25, 0.3) is 0 Å². The minimum absolute atomic E-state index is 0.200. The second kappa shape index (κ2) is 6.84. The number of benzene rings is 1. The lowest BCUT2D eigenvalue weighted by molar-refractivity contribution is 0.366. The van der Waals surface area contributed by atoms with E-state index in [1.807, 2.05) is 11.7 Å². The van der Waals surface area contributed by atoms with Crippen LogP contribution in [0.4, 0.5) is 5.82 Å². The Morgan fingerprint density at radius 1 is 1.17 bits per heavy atom. The number of H-pyrrole nitrogens is 1. The van der Waals surface area contributed by atoms with Gasteiger partial charge >= 0.3 is 0 Å². The first kappa shape index (κ1) is 19.4. The highest BCUT2D eigenvalue weighted by atomic mass is 15.3. The molecule has 3 heterocycles. The number of nitrogens with zero attached hydrogens (tertiary/aromatic N) is 5. The van der Waals surface area contributed by atoms with Crippen molar-refractivity contribution < 1.29 is 0 Å². The Hall–Kier alpha value is -2.93. The third kappa shape index (κ3) is 3.25. The number of hydrogen-bond donors (Lipinski definition) is 2. The van der Waals surface area contributed by atoms with E-state index in [0.717, 1.165) is 40.3 Å². The van der Waals surface area contributed by atoms with Crippen LogP contribution >= 0.6 is 0 Å². The first-order chi connectivity index (χ1) is 13.7. The normalized spacial score (nSPS) is 12.4. The van der Waals surface area contributed by atoms with Crippen molar-refractivity contribution in [2.45, 2.75) is 39.8 Å². The fourth-order valence-corrected chi connectivity index (χ4v) is 3.87. The predicted molar refractivity (Wildman–Crippen MR) is 119 cm³/mol. The highest BCUT2D eigenvalue weighted by Crippen LogP contribution is 2.37. The topological polar surface area (TPSA) is 74.7 Å². The number of nitrogens with one attached hydrogen (secondary N) is 2. The van der Waals surface area contributed by atoms with Crippen LogP contribution in [0.15, 0.2) is 24.5 Å². The average Bonchev–Trinajstić information content (AvgIpc) is 3.19. The lowest BCUT2D eigenvalue weighted by Gasteiger charge is -2.19. The molecule has 4 rings (SSSR count). The van der Waals surface area contributed by atoms with Crippen molar-refractivity contribution in [3.8, 4) is 11.4 Å². The van der Waals surface area contributed by atoms with Crippen molar-refractivity contribution in [3.63, 3.8) is 0 Å². The van der Waals surface area contributed by atoms with Crippen LogP contribution in [0.3, 0.4) is 0 Å². The van der Waals surface area contributed by atoms with Gasteiger partial charge in [-0.05, 0) is 59.0 Å². The standard InChI is InChI=1S/C22H29N7/c1-13-15-9-8-14(11-28(6)7)10-16(15)26-18(13)19-17-20(23-5)24-12-25-21(17)29(27-19)22(2,3)4/h8-10,12,26H,11H2,1-7H3,(H,23,24,25). The van der Waals surface area contributed by atoms with Crippen molar-refractivity contribution in [2.24, 2.45) is 0 Å². The minimum atomic E-state index is -0.200. The molecule has 0 fully saturated rings. The first-order valence-corrected chi connectivity index (χ1v) is 9.89. The molecule has 29 heavy (non-hydrogen) atoms. The maximum absolute atomic E-state index is 5.00. The maximum Gasteiger partial charge on any atom is 0.164 e. The van der Waals surface area contributed by atoms with Crippen molar-refractivity contribution in [2.75, 3.05) is 26.5 Å². The van der Waals surface area contributed by atoms with Crippen LogP contribution in [0, 0.1) is 6.92 Å². The van der Waals surface area contributed by atoms with Crippen LogP contribution in [0.25, 0.3) is 33.3 Å². The van der Waals surface area contributed by atoms with E-state index in [1.165, 1.54) is 16.5 Å². The maximum atomic E-state index is 5.00. The van der Waals surface area contributed by atoms with E-state index in [4.69, 9.17) is 5.10 Å². The number of fused-ring (bicyclic) bond motifs is 2. The van der Waals surface area contributed by atoms with Gasteiger partial charge in [0, 0.05) is 24.5 Å². The molecule has 152 valence electrons. The number of anilines is 1. The second-order valence-corrected chi connectivity index (χ2v) is 8.84. The van der Waals surface area contributed by atoms with Crippen LogP contribution in [0.1, 0.15) is 31.9 Å². The molecular weight excluding hydrogens is 362 g/mol. The summed E-state index contributed by atoms with van der Waals surface area (Å²) in [4.78, 5) is 14.8.